The lowest BCUT2D eigenvalue weighted by Gasteiger charge is -2.21. The second-order valence-electron chi connectivity index (χ2n) is 5.61. The molecule has 2 heterocycles. The van der Waals surface area contributed by atoms with E-state index in [9.17, 15) is 9.90 Å². The number of carbonyl (C=O) groups is 1. The van der Waals surface area contributed by atoms with E-state index in [1.54, 1.807) is 0 Å². The SMILES string of the molecule is Cc1c(CN2CCCC2C(=O)O)c2ccccc2n1C. The molecule has 1 aliphatic rings. The van der Waals surface area contributed by atoms with Gasteiger partial charge in [0.25, 0.3) is 0 Å². The number of nitrogens with zero attached hydrogens (tertiary/aromatic N) is 2. The first kappa shape index (κ1) is 13.2. The zero-order valence-electron chi connectivity index (χ0n) is 12.0. The summed E-state index contributed by atoms with van der Waals surface area (Å²) in [5, 5.41) is 10.5. The summed E-state index contributed by atoms with van der Waals surface area (Å²) in [5.41, 5.74) is 3.70. The number of aliphatic carboxylic acids is 1. The molecule has 1 unspecified atom stereocenters. The number of carboxylic acid groups (broad SMARTS) is 1. The standard InChI is InChI=1S/C16H20N2O2/c1-11-13(10-18-9-5-8-15(18)16(19)20)12-6-3-4-7-14(12)17(11)2/h3-4,6-7,15H,5,8-10H2,1-2H3,(H,19,20). The van der Waals surface area contributed by atoms with Crippen molar-refractivity contribution in [3.05, 3.63) is 35.5 Å². The van der Waals surface area contributed by atoms with E-state index in [0.717, 1.165) is 25.9 Å². The van der Waals surface area contributed by atoms with Crippen LogP contribution < -0.4 is 0 Å². The summed E-state index contributed by atoms with van der Waals surface area (Å²) in [6.07, 6.45) is 1.74. The molecule has 4 nitrogen and oxygen atoms in total. The number of hydrogen-bond acceptors (Lipinski definition) is 2. The summed E-state index contributed by atoms with van der Waals surface area (Å²) in [6.45, 7) is 3.71. The van der Waals surface area contributed by atoms with Gasteiger partial charge in [-0.15, -0.1) is 0 Å². The number of likely N-dealkylation sites (tertiary alicyclic amines) is 1. The lowest BCUT2D eigenvalue weighted by atomic mass is 10.1. The predicted octanol–water partition coefficient (Wildman–Crippen LogP) is 2.54. The van der Waals surface area contributed by atoms with Crippen molar-refractivity contribution in [2.75, 3.05) is 6.54 Å². The lowest BCUT2D eigenvalue weighted by Crippen LogP contribution is -2.35. The van der Waals surface area contributed by atoms with E-state index in [2.05, 4.69) is 35.6 Å². The Hall–Kier alpha value is -1.81. The number of rotatable bonds is 3. The molecule has 1 saturated heterocycles. The molecule has 0 amide bonds. The average molecular weight is 272 g/mol. The van der Waals surface area contributed by atoms with Gasteiger partial charge in [-0.3, -0.25) is 9.69 Å². The fourth-order valence-corrected chi connectivity index (χ4v) is 3.30. The van der Waals surface area contributed by atoms with E-state index in [4.69, 9.17) is 0 Å². The van der Waals surface area contributed by atoms with Crippen molar-refractivity contribution in [3.63, 3.8) is 0 Å². The third-order valence-corrected chi connectivity index (χ3v) is 4.54. The van der Waals surface area contributed by atoms with Gasteiger partial charge in [0, 0.05) is 30.2 Å². The molecule has 1 N–H and O–H groups in total. The van der Waals surface area contributed by atoms with Crippen LogP contribution in [0.15, 0.2) is 24.3 Å². The summed E-state index contributed by atoms with van der Waals surface area (Å²) in [6, 6.07) is 8.01. The molecule has 1 aliphatic heterocycles. The van der Waals surface area contributed by atoms with E-state index in [1.165, 1.54) is 22.2 Å². The monoisotopic (exact) mass is 272 g/mol. The van der Waals surface area contributed by atoms with Crippen molar-refractivity contribution >= 4 is 16.9 Å². The molecule has 1 aromatic heterocycles. The van der Waals surface area contributed by atoms with Crippen LogP contribution in [0.4, 0.5) is 0 Å². The Labute approximate surface area is 118 Å². The van der Waals surface area contributed by atoms with Crippen molar-refractivity contribution in [3.8, 4) is 0 Å². The predicted molar refractivity (Wildman–Crippen MR) is 78.7 cm³/mol. The third kappa shape index (κ3) is 2.00. The molecule has 0 saturated carbocycles. The van der Waals surface area contributed by atoms with Crippen LogP contribution in [0.2, 0.25) is 0 Å². The fourth-order valence-electron chi connectivity index (χ4n) is 3.30. The maximum Gasteiger partial charge on any atom is 0.320 e. The largest absolute Gasteiger partial charge is 0.480 e. The maximum atomic E-state index is 11.3. The van der Waals surface area contributed by atoms with Gasteiger partial charge in [0.2, 0.25) is 0 Å². The van der Waals surface area contributed by atoms with Gasteiger partial charge >= 0.3 is 5.97 Å². The van der Waals surface area contributed by atoms with Gasteiger partial charge < -0.3 is 9.67 Å². The molecule has 3 rings (SSSR count). The first-order chi connectivity index (χ1) is 9.59. The van der Waals surface area contributed by atoms with Crippen LogP contribution in [0.1, 0.15) is 24.1 Å². The van der Waals surface area contributed by atoms with Gasteiger partial charge in [0.05, 0.1) is 0 Å². The van der Waals surface area contributed by atoms with Crippen LogP contribution in [0.5, 0.6) is 0 Å². The molecule has 0 bridgehead atoms. The lowest BCUT2D eigenvalue weighted by molar-refractivity contribution is -0.142. The molecule has 1 atom stereocenters. The van der Waals surface area contributed by atoms with Crippen LogP contribution in [-0.4, -0.2) is 33.1 Å². The van der Waals surface area contributed by atoms with E-state index >= 15 is 0 Å². The van der Waals surface area contributed by atoms with Crippen molar-refractivity contribution in [2.45, 2.75) is 32.4 Å². The van der Waals surface area contributed by atoms with Crippen molar-refractivity contribution in [1.29, 1.82) is 0 Å². The van der Waals surface area contributed by atoms with Gasteiger partial charge in [0.15, 0.2) is 0 Å². The van der Waals surface area contributed by atoms with Crippen LogP contribution in [-0.2, 0) is 18.4 Å². The Morgan fingerprint density at radius 2 is 2.15 bits per heavy atom. The minimum atomic E-state index is -0.694. The zero-order valence-corrected chi connectivity index (χ0v) is 12.0. The number of para-hydroxylation sites is 1. The van der Waals surface area contributed by atoms with E-state index in [-0.39, 0.29) is 6.04 Å². The second kappa shape index (κ2) is 4.94. The second-order valence-corrected chi connectivity index (χ2v) is 5.61. The Kier molecular flexibility index (Phi) is 3.26. The number of fused-ring (bicyclic) bond motifs is 1. The Balaban J connectivity index is 1.99. The topological polar surface area (TPSA) is 45.5 Å². The van der Waals surface area contributed by atoms with Gasteiger partial charge in [-0.1, -0.05) is 18.2 Å². The molecule has 0 spiro atoms. The Bertz CT molecular complexity index is 660. The van der Waals surface area contributed by atoms with E-state index < -0.39 is 5.97 Å². The Morgan fingerprint density at radius 1 is 1.40 bits per heavy atom. The molecule has 1 aromatic carbocycles. The first-order valence-corrected chi connectivity index (χ1v) is 7.09. The highest BCUT2D eigenvalue weighted by molar-refractivity contribution is 5.85. The molecule has 0 radical (unpaired) electrons. The first-order valence-electron chi connectivity index (χ1n) is 7.09. The highest BCUT2D eigenvalue weighted by Gasteiger charge is 2.31. The number of aromatic nitrogens is 1. The summed E-state index contributed by atoms with van der Waals surface area (Å²) < 4.78 is 2.19. The number of aryl methyl sites for hydroxylation is 1. The molecule has 0 aliphatic carbocycles. The highest BCUT2D eigenvalue weighted by atomic mass is 16.4. The molecule has 20 heavy (non-hydrogen) atoms. The average Bonchev–Trinajstić information content (AvgIpc) is 2.99. The van der Waals surface area contributed by atoms with Crippen molar-refractivity contribution < 1.29 is 9.90 Å². The van der Waals surface area contributed by atoms with Crippen LogP contribution in [0, 0.1) is 6.92 Å². The van der Waals surface area contributed by atoms with Crippen LogP contribution >= 0.6 is 0 Å². The van der Waals surface area contributed by atoms with Gasteiger partial charge in [-0.2, -0.15) is 0 Å². The molecular weight excluding hydrogens is 252 g/mol. The van der Waals surface area contributed by atoms with E-state index in [0.29, 0.717) is 0 Å². The van der Waals surface area contributed by atoms with Crippen molar-refractivity contribution in [1.82, 2.24) is 9.47 Å². The molecule has 2 aromatic rings. The summed E-state index contributed by atoms with van der Waals surface area (Å²) in [5.74, 6) is -0.694. The summed E-state index contributed by atoms with van der Waals surface area (Å²) >= 11 is 0. The minimum absolute atomic E-state index is 0.326. The van der Waals surface area contributed by atoms with Crippen LogP contribution in [0.3, 0.4) is 0 Å². The fraction of sp³-hybridized carbons (Fsp3) is 0.438. The smallest absolute Gasteiger partial charge is 0.320 e. The van der Waals surface area contributed by atoms with Gasteiger partial charge in [-0.25, -0.2) is 0 Å². The zero-order chi connectivity index (χ0) is 14.3. The minimum Gasteiger partial charge on any atom is -0.480 e. The molecule has 1 fully saturated rings. The van der Waals surface area contributed by atoms with Crippen molar-refractivity contribution in [2.24, 2.45) is 7.05 Å². The van der Waals surface area contributed by atoms with Crippen LogP contribution in [0.25, 0.3) is 10.9 Å². The normalized spacial score (nSPS) is 19.8. The quantitative estimate of drug-likeness (QED) is 0.934. The van der Waals surface area contributed by atoms with Gasteiger partial charge in [0.1, 0.15) is 6.04 Å². The van der Waals surface area contributed by atoms with Gasteiger partial charge in [-0.05, 0) is 37.9 Å². The summed E-state index contributed by atoms with van der Waals surface area (Å²) in [4.78, 5) is 13.4. The van der Waals surface area contributed by atoms with E-state index in [1.807, 2.05) is 12.1 Å². The summed E-state index contributed by atoms with van der Waals surface area (Å²) in [7, 11) is 2.07. The molecule has 106 valence electrons. The third-order valence-electron chi connectivity index (χ3n) is 4.54. The highest BCUT2D eigenvalue weighted by Crippen LogP contribution is 2.28. The molecular formula is C16H20N2O2. The maximum absolute atomic E-state index is 11.3. The number of hydrogen-bond donors (Lipinski definition) is 1. The number of benzene rings is 1. The Morgan fingerprint density at radius 3 is 2.90 bits per heavy atom. The number of carboxylic acids is 1. The molecule has 4 heteroatoms.